The Morgan fingerprint density at radius 1 is 1.21 bits per heavy atom. The van der Waals surface area contributed by atoms with Crippen molar-refractivity contribution in [3.05, 3.63) is 61.9 Å². The summed E-state index contributed by atoms with van der Waals surface area (Å²) in [7, 11) is 0. The maximum absolute atomic E-state index is 13.3. The van der Waals surface area contributed by atoms with Crippen molar-refractivity contribution < 1.29 is 9.59 Å². The lowest BCUT2D eigenvalue weighted by molar-refractivity contribution is 0.0451. The van der Waals surface area contributed by atoms with Gasteiger partial charge in [-0.25, -0.2) is 9.97 Å². The number of likely N-dealkylation sites (tertiary alicyclic amines) is 1. The van der Waals surface area contributed by atoms with Crippen LogP contribution in [-0.2, 0) is 0 Å². The number of halogens is 2. The molecule has 0 unspecified atom stereocenters. The minimum atomic E-state index is -0.196. The molecule has 11 heteroatoms. The second-order valence-corrected chi connectivity index (χ2v) is 10.7. The summed E-state index contributed by atoms with van der Waals surface area (Å²) in [6, 6.07) is 5.22. The van der Waals surface area contributed by atoms with E-state index in [2.05, 4.69) is 15.3 Å². The Morgan fingerprint density at radius 3 is 2.76 bits per heavy atom. The maximum atomic E-state index is 13.3. The van der Waals surface area contributed by atoms with Crippen LogP contribution < -0.4 is 5.32 Å². The summed E-state index contributed by atoms with van der Waals surface area (Å²) in [5, 5.41) is 6.55. The first-order valence-electron chi connectivity index (χ1n) is 10.3. The number of aryl methyl sites for hydroxylation is 2. The van der Waals surface area contributed by atoms with Crippen molar-refractivity contribution in [3.8, 4) is 10.4 Å². The molecule has 1 fully saturated rings. The van der Waals surface area contributed by atoms with Gasteiger partial charge in [0, 0.05) is 24.7 Å². The molecule has 4 aromatic rings. The Hall–Kier alpha value is -2.46. The van der Waals surface area contributed by atoms with E-state index in [0.717, 1.165) is 26.8 Å². The molecule has 1 atom stereocenters. The van der Waals surface area contributed by atoms with Crippen molar-refractivity contribution in [2.45, 2.75) is 26.3 Å². The minimum absolute atomic E-state index is 0.0868. The summed E-state index contributed by atoms with van der Waals surface area (Å²) in [5.41, 5.74) is 2.42. The molecule has 5 rings (SSSR count). The van der Waals surface area contributed by atoms with E-state index in [1.165, 1.54) is 22.7 Å². The van der Waals surface area contributed by atoms with Gasteiger partial charge in [-0.15, -0.1) is 22.7 Å². The Labute approximate surface area is 208 Å². The fourth-order valence-corrected chi connectivity index (χ4v) is 5.89. The summed E-state index contributed by atoms with van der Waals surface area (Å²) in [6.07, 6.45) is 2.65. The normalized spacial score (nSPS) is 15.6. The van der Waals surface area contributed by atoms with Crippen molar-refractivity contribution in [1.29, 1.82) is 0 Å². The van der Waals surface area contributed by atoms with E-state index in [1.54, 1.807) is 21.4 Å². The van der Waals surface area contributed by atoms with Gasteiger partial charge in [0.25, 0.3) is 11.8 Å². The van der Waals surface area contributed by atoms with Gasteiger partial charge in [0.05, 0.1) is 31.7 Å². The molecule has 1 aliphatic rings. The lowest BCUT2D eigenvalue weighted by Gasteiger charge is -2.40. The monoisotopic (exact) mass is 519 g/mol. The first-order valence-corrected chi connectivity index (χ1v) is 12.7. The van der Waals surface area contributed by atoms with Gasteiger partial charge in [-0.1, -0.05) is 29.3 Å². The van der Waals surface area contributed by atoms with Gasteiger partial charge in [-0.05, 0) is 38.0 Å². The molecular formula is C22H19Cl2N5O2S2. The third kappa shape index (κ3) is 4.03. The van der Waals surface area contributed by atoms with Crippen LogP contribution in [0, 0.1) is 13.8 Å². The number of imidazole rings is 1. The van der Waals surface area contributed by atoms with Gasteiger partial charge < -0.3 is 10.2 Å². The van der Waals surface area contributed by atoms with E-state index in [1.807, 2.05) is 31.5 Å². The fourth-order valence-electron chi connectivity index (χ4n) is 3.92. The van der Waals surface area contributed by atoms with Crippen molar-refractivity contribution in [3.63, 3.8) is 0 Å². The van der Waals surface area contributed by atoms with Crippen LogP contribution in [0.4, 0.5) is 0 Å². The maximum Gasteiger partial charge on any atom is 0.274 e. The van der Waals surface area contributed by atoms with Crippen molar-refractivity contribution in [1.82, 2.24) is 24.6 Å². The Kier molecular flexibility index (Phi) is 5.90. The average molecular weight is 520 g/mol. The van der Waals surface area contributed by atoms with Crippen LogP contribution in [0.3, 0.4) is 0 Å². The van der Waals surface area contributed by atoms with E-state index in [9.17, 15) is 9.59 Å². The molecule has 1 aromatic carbocycles. The molecule has 4 heterocycles. The first-order chi connectivity index (χ1) is 15.8. The Bertz CT molecular complexity index is 1390. The van der Waals surface area contributed by atoms with Gasteiger partial charge in [0.1, 0.15) is 11.4 Å². The second-order valence-electron chi connectivity index (χ2n) is 7.79. The zero-order chi connectivity index (χ0) is 23.3. The number of amides is 2. The van der Waals surface area contributed by atoms with Gasteiger partial charge in [-0.2, -0.15) is 0 Å². The Balaban J connectivity index is 1.31. The number of hydrogen-bond donors (Lipinski definition) is 1. The predicted octanol–water partition coefficient (Wildman–Crippen LogP) is 5.09. The number of aromatic nitrogens is 3. The quantitative estimate of drug-likeness (QED) is 0.398. The fraction of sp³-hybridized carbons (Fsp3) is 0.273. The number of rotatable bonds is 5. The molecule has 3 aromatic heterocycles. The molecule has 0 radical (unpaired) electrons. The Morgan fingerprint density at radius 2 is 2.03 bits per heavy atom. The summed E-state index contributed by atoms with van der Waals surface area (Å²) in [6.45, 7) is 4.68. The molecule has 0 spiro atoms. The third-order valence-corrected chi connectivity index (χ3v) is 8.19. The number of benzene rings is 1. The van der Waals surface area contributed by atoms with Gasteiger partial charge in [-0.3, -0.25) is 14.0 Å². The van der Waals surface area contributed by atoms with Crippen LogP contribution in [-0.4, -0.2) is 50.2 Å². The molecule has 7 nitrogen and oxygen atoms in total. The van der Waals surface area contributed by atoms with Crippen molar-refractivity contribution >= 4 is 62.7 Å². The molecule has 170 valence electrons. The van der Waals surface area contributed by atoms with E-state index in [-0.39, 0.29) is 17.9 Å². The van der Waals surface area contributed by atoms with Crippen molar-refractivity contribution in [2.75, 3.05) is 13.1 Å². The lowest BCUT2D eigenvalue weighted by Crippen LogP contribution is -2.56. The van der Waals surface area contributed by atoms with Crippen LogP contribution in [0.1, 0.15) is 38.1 Å². The molecule has 0 saturated carbocycles. The summed E-state index contributed by atoms with van der Waals surface area (Å²) >= 11 is 15.2. The molecule has 1 saturated heterocycles. The molecular weight excluding hydrogens is 501 g/mol. The highest BCUT2D eigenvalue weighted by molar-refractivity contribution is 7.15. The van der Waals surface area contributed by atoms with Crippen LogP contribution in [0.25, 0.3) is 15.4 Å². The number of nitrogens with one attached hydrogen (secondary N) is 1. The summed E-state index contributed by atoms with van der Waals surface area (Å²) < 4.78 is 1.79. The number of nitrogens with zero attached hydrogens (tertiary/aromatic N) is 4. The predicted molar refractivity (Wildman–Crippen MR) is 132 cm³/mol. The second kappa shape index (κ2) is 8.72. The highest BCUT2D eigenvalue weighted by Gasteiger charge is 2.35. The van der Waals surface area contributed by atoms with Gasteiger partial charge in [0.2, 0.25) is 0 Å². The standard InChI is InChI=1S/C22H19Cl2N5O2S2/c1-11-18(29-7-8-32-22(29)26-11)20(30)25-10-14-5-6-28(14)21(31)17-19(33-12(2)27-17)13-3-4-15(23)16(24)9-13/h3-4,7-9,14H,5-6,10H2,1-2H3,(H,25,30)/t14-/m1/s1. The highest BCUT2D eigenvalue weighted by Crippen LogP contribution is 2.35. The SMILES string of the molecule is Cc1nc(C(=O)N2CC[C@@H]2CNC(=O)c2c(C)nc3sccn23)c(-c2ccc(Cl)c(Cl)c2)s1. The number of thiazole rings is 2. The van der Waals surface area contributed by atoms with Gasteiger partial charge >= 0.3 is 0 Å². The van der Waals surface area contributed by atoms with Crippen LogP contribution in [0.2, 0.25) is 10.0 Å². The number of carbonyl (C=O) groups excluding carboxylic acids is 2. The van der Waals surface area contributed by atoms with E-state index < -0.39 is 0 Å². The largest absolute Gasteiger partial charge is 0.349 e. The summed E-state index contributed by atoms with van der Waals surface area (Å²) in [4.78, 5) is 38.4. The average Bonchev–Trinajstić information content (AvgIpc) is 3.43. The highest BCUT2D eigenvalue weighted by atomic mass is 35.5. The number of hydrogen-bond acceptors (Lipinski definition) is 6. The number of fused-ring (bicyclic) bond motifs is 1. The first kappa shape index (κ1) is 22.3. The smallest absolute Gasteiger partial charge is 0.274 e. The zero-order valence-electron chi connectivity index (χ0n) is 17.8. The van der Waals surface area contributed by atoms with Crippen LogP contribution in [0.5, 0.6) is 0 Å². The summed E-state index contributed by atoms with van der Waals surface area (Å²) in [5.74, 6) is -0.342. The molecule has 0 bridgehead atoms. The lowest BCUT2D eigenvalue weighted by atomic mass is 10.0. The van der Waals surface area contributed by atoms with E-state index >= 15 is 0 Å². The zero-order valence-corrected chi connectivity index (χ0v) is 20.9. The number of carbonyl (C=O) groups is 2. The van der Waals surface area contributed by atoms with Gasteiger partial charge in [0.15, 0.2) is 4.96 Å². The van der Waals surface area contributed by atoms with Crippen LogP contribution in [0.15, 0.2) is 29.8 Å². The topological polar surface area (TPSA) is 79.6 Å². The molecule has 0 aliphatic carbocycles. The van der Waals surface area contributed by atoms with Crippen LogP contribution >= 0.6 is 45.9 Å². The molecule has 1 aliphatic heterocycles. The van der Waals surface area contributed by atoms with Crippen molar-refractivity contribution in [2.24, 2.45) is 0 Å². The third-order valence-electron chi connectivity index (χ3n) is 5.67. The van der Waals surface area contributed by atoms with E-state index in [4.69, 9.17) is 23.2 Å². The minimum Gasteiger partial charge on any atom is -0.349 e. The van der Waals surface area contributed by atoms with E-state index in [0.29, 0.717) is 40.2 Å². The molecule has 2 amide bonds. The molecule has 33 heavy (non-hydrogen) atoms. The molecule has 1 N–H and O–H groups in total.